The predicted octanol–water partition coefficient (Wildman–Crippen LogP) is 3.82. The summed E-state index contributed by atoms with van der Waals surface area (Å²) in [6.45, 7) is 8.93. The van der Waals surface area contributed by atoms with Gasteiger partial charge in [0.1, 0.15) is 34.9 Å². The third-order valence-corrected chi connectivity index (χ3v) is 7.69. The smallest absolute Gasteiger partial charge is 0.407 e. The first-order valence-electron chi connectivity index (χ1n) is 16.2. The molecule has 0 aliphatic rings. The number of methoxy groups -OCH3 is 2. The van der Waals surface area contributed by atoms with E-state index in [0.29, 0.717) is 17.1 Å². The van der Waals surface area contributed by atoms with Crippen LogP contribution in [0.4, 0.5) is 4.79 Å². The van der Waals surface area contributed by atoms with Crippen molar-refractivity contribution in [2.24, 2.45) is 5.92 Å². The van der Waals surface area contributed by atoms with Crippen LogP contribution >= 0.6 is 0 Å². The van der Waals surface area contributed by atoms with Crippen LogP contribution in [0, 0.1) is 5.92 Å². The predicted molar refractivity (Wildman–Crippen MR) is 186 cm³/mol. The van der Waals surface area contributed by atoms with Gasteiger partial charge in [0.15, 0.2) is 0 Å². The minimum Gasteiger partial charge on any atom is -0.507 e. The van der Waals surface area contributed by atoms with Crippen molar-refractivity contribution in [3.8, 4) is 17.2 Å². The van der Waals surface area contributed by atoms with Crippen LogP contribution in [0.15, 0.2) is 72.8 Å². The Kier molecular flexibility index (Phi) is 14.3. The van der Waals surface area contributed by atoms with Gasteiger partial charge < -0.3 is 40.4 Å². The van der Waals surface area contributed by atoms with Gasteiger partial charge >= 0.3 is 6.09 Å². The molecule has 12 nitrogen and oxygen atoms in total. The minimum atomic E-state index is -1.47. The van der Waals surface area contributed by atoms with Gasteiger partial charge in [0.25, 0.3) is 0 Å². The maximum Gasteiger partial charge on any atom is 0.407 e. The summed E-state index contributed by atoms with van der Waals surface area (Å²) in [6, 6.07) is 18.0. The Morgan fingerprint density at radius 3 is 2.04 bits per heavy atom. The number of alkyl carbamates (subject to hydrolysis) is 1. The zero-order valence-corrected chi connectivity index (χ0v) is 29.3. The molecule has 3 rings (SSSR count). The molecule has 0 radical (unpaired) electrons. The molecule has 4 atom stereocenters. The van der Waals surface area contributed by atoms with E-state index in [2.05, 4.69) is 21.3 Å². The van der Waals surface area contributed by atoms with Gasteiger partial charge in [-0.25, -0.2) is 4.79 Å². The first-order chi connectivity index (χ1) is 23.2. The van der Waals surface area contributed by atoms with Gasteiger partial charge in [0.2, 0.25) is 11.8 Å². The summed E-state index contributed by atoms with van der Waals surface area (Å²) in [5, 5.41) is 33.7. The fourth-order valence-corrected chi connectivity index (χ4v) is 5.09. The quantitative estimate of drug-likeness (QED) is 0.132. The van der Waals surface area contributed by atoms with Gasteiger partial charge in [-0.2, -0.15) is 0 Å². The normalized spacial score (nSPS) is 13.8. The minimum absolute atomic E-state index is 0.00680. The number of hydrogen-bond acceptors (Lipinski definition) is 9. The highest BCUT2D eigenvalue weighted by atomic mass is 16.6. The molecule has 0 aliphatic heterocycles. The monoisotopic (exact) mass is 678 g/mol. The molecule has 3 aromatic rings. The molecule has 0 heterocycles. The van der Waals surface area contributed by atoms with Crippen LogP contribution in [-0.2, 0) is 33.8 Å². The Morgan fingerprint density at radius 1 is 0.776 bits per heavy atom. The molecule has 0 saturated heterocycles. The summed E-state index contributed by atoms with van der Waals surface area (Å²) in [4.78, 5) is 40.5. The van der Waals surface area contributed by atoms with Crippen molar-refractivity contribution in [1.82, 2.24) is 21.3 Å². The number of phenolic OH excluding ortho intramolecular Hbond substituents is 1. The summed E-state index contributed by atoms with van der Waals surface area (Å²) >= 11 is 0. The summed E-state index contributed by atoms with van der Waals surface area (Å²) in [7, 11) is 3.04. The van der Waals surface area contributed by atoms with Gasteiger partial charge in [-0.15, -0.1) is 0 Å². The number of aliphatic hydroxyl groups is 1. The lowest BCUT2D eigenvalue weighted by atomic mass is 9.94. The van der Waals surface area contributed by atoms with Crippen LogP contribution in [0.3, 0.4) is 0 Å². The Bertz CT molecular complexity index is 1530. The number of ether oxygens (including phenoxy) is 3. The lowest BCUT2D eigenvalue weighted by molar-refractivity contribution is -0.133. The fourth-order valence-electron chi connectivity index (χ4n) is 5.09. The average molecular weight is 679 g/mol. The molecule has 3 aromatic carbocycles. The molecule has 49 heavy (non-hydrogen) atoms. The zero-order valence-electron chi connectivity index (χ0n) is 29.3. The molecule has 3 amide bonds. The molecular weight excluding hydrogens is 628 g/mol. The SMILES string of the molecule is COc1cccc(CN[C@@H](C(=O)N[C@H](C(=O)NCc2ccc(OC)cc2O)C(C)C)[C@H](O)[C@H](Cc2ccccc2)NC(=O)OC(C)(C)C)c1. The lowest BCUT2D eigenvalue weighted by Gasteiger charge is -2.33. The van der Waals surface area contributed by atoms with Crippen LogP contribution in [0.1, 0.15) is 51.3 Å². The second-order valence-electron chi connectivity index (χ2n) is 13.1. The van der Waals surface area contributed by atoms with E-state index in [9.17, 15) is 24.6 Å². The average Bonchev–Trinajstić information content (AvgIpc) is 3.05. The molecule has 0 fully saturated rings. The first kappa shape index (κ1) is 38.6. The summed E-state index contributed by atoms with van der Waals surface area (Å²) in [5.74, 6) is -0.430. The van der Waals surface area contributed by atoms with Crippen molar-refractivity contribution in [2.45, 2.75) is 84.0 Å². The maximum absolute atomic E-state index is 14.1. The van der Waals surface area contributed by atoms with Crippen molar-refractivity contribution in [2.75, 3.05) is 14.2 Å². The summed E-state index contributed by atoms with van der Waals surface area (Å²) in [5.41, 5.74) is 1.26. The van der Waals surface area contributed by atoms with Crippen molar-refractivity contribution in [3.05, 3.63) is 89.5 Å². The van der Waals surface area contributed by atoms with Crippen molar-refractivity contribution in [1.29, 1.82) is 0 Å². The highest BCUT2D eigenvalue weighted by molar-refractivity contribution is 5.90. The second-order valence-corrected chi connectivity index (χ2v) is 13.1. The molecule has 6 N–H and O–H groups in total. The number of phenols is 1. The van der Waals surface area contributed by atoms with Crippen LogP contribution < -0.4 is 30.7 Å². The van der Waals surface area contributed by atoms with Crippen LogP contribution in [0.25, 0.3) is 0 Å². The van der Waals surface area contributed by atoms with Crippen LogP contribution in [-0.4, -0.2) is 72.2 Å². The second kappa shape index (κ2) is 18.1. The van der Waals surface area contributed by atoms with E-state index in [1.807, 2.05) is 42.5 Å². The van der Waals surface area contributed by atoms with E-state index >= 15 is 0 Å². The molecule has 12 heteroatoms. The summed E-state index contributed by atoms with van der Waals surface area (Å²) < 4.78 is 16.0. The highest BCUT2D eigenvalue weighted by Gasteiger charge is 2.37. The molecule has 0 saturated carbocycles. The Labute approximate surface area is 288 Å². The van der Waals surface area contributed by atoms with Gasteiger partial charge in [-0.3, -0.25) is 14.9 Å². The van der Waals surface area contributed by atoms with E-state index in [1.165, 1.54) is 13.2 Å². The van der Waals surface area contributed by atoms with E-state index in [-0.39, 0.29) is 31.2 Å². The first-order valence-corrected chi connectivity index (χ1v) is 16.2. The van der Waals surface area contributed by atoms with Gasteiger partial charge in [0, 0.05) is 24.7 Å². The number of amides is 3. The van der Waals surface area contributed by atoms with E-state index in [4.69, 9.17) is 14.2 Å². The molecule has 0 bridgehead atoms. The summed E-state index contributed by atoms with van der Waals surface area (Å²) in [6.07, 6.45) is -2.03. The number of aromatic hydroxyl groups is 1. The third-order valence-electron chi connectivity index (χ3n) is 7.69. The zero-order chi connectivity index (χ0) is 36.1. The number of rotatable bonds is 16. The molecule has 0 aromatic heterocycles. The number of hydrogen-bond donors (Lipinski definition) is 6. The van der Waals surface area contributed by atoms with E-state index in [1.54, 1.807) is 66.0 Å². The standard InChI is InChI=1S/C37H50N4O8/c1-23(2)31(34(44)39-22-26-16-17-28(48-7)20-30(26)42)41-35(45)32(38-21-25-14-11-15-27(18-25)47-6)33(43)29(19-24-12-9-8-10-13-24)40-36(46)49-37(3,4)5/h8-18,20,23,29,31-33,38,42-43H,19,21-22H2,1-7H3,(H,39,44)(H,40,46)(H,41,45)/t29-,31-,32+,33+/m0/s1. The number of benzene rings is 3. The Morgan fingerprint density at radius 2 is 1.43 bits per heavy atom. The lowest BCUT2D eigenvalue weighted by Crippen LogP contribution is -2.62. The van der Waals surface area contributed by atoms with Gasteiger partial charge in [-0.1, -0.05) is 56.3 Å². The highest BCUT2D eigenvalue weighted by Crippen LogP contribution is 2.23. The van der Waals surface area contributed by atoms with Gasteiger partial charge in [-0.05, 0) is 68.5 Å². The maximum atomic E-state index is 14.1. The van der Waals surface area contributed by atoms with Crippen LogP contribution in [0.5, 0.6) is 17.2 Å². The Hall–Kier alpha value is -4.81. The number of carbonyl (C=O) groups excluding carboxylic acids is 3. The largest absolute Gasteiger partial charge is 0.507 e. The number of aliphatic hydroxyl groups excluding tert-OH is 1. The third kappa shape index (κ3) is 12.3. The molecular formula is C37H50N4O8. The van der Waals surface area contributed by atoms with Crippen molar-refractivity contribution < 1.29 is 38.8 Å². The fraction of sp³-hybridized carbons (Fsp3) is 0.432. The van der Waals surface area contributed by atoms with E-state index < -0.39 is 47.7 Å². The van der Waals surface area contributed by atoms with Crippen molar-refractivity contribution in [3.63, 3.8) is 0 Å². The topological polar surface area (TPSA) is 167 Å². The number of carbonyl (C=O) groups is 3. The molecule has 266 valence electrons. The number of nitrogens with one attached hydrogen (secondary N) is 4. The van der Waals surface area contributed by atoms with Crippen molar-refractivity contribution >= 4 is 17.9 Å². The molecule has 0 spiro atoms. The molecule has 0 unspecified atom stereocenters. The van der Waals surface area contributed by atoms with E-state index in [0.717, 1.165) is 11.1 Å². The Balaban J connectivity index is 1.89. The van der Waals surface area contributed by atoms with Gasteiger partial charge in [0.05, 0.1) is 26.4 Å². The molecule has 0 aliphatic carbocycles. The van der Waals surface area contributed by atoms with Crippen LogP contribution in [0.2, 0.25) is 0 Å².